The molecule has 116 valence electrons. The van der Waals surface area contributed by atoms with Gasteiger partial charge in [-0.2, -0.15) is 0 Å². The lowest BCUT2D eigenvalue weighted by Gasteiger charge is -2.20. The second-order valence-corrected chi connectivity index (χ2v) is 6.50. The number of hydrogen-bond donors (Lipinski definition) is 0. The number of nitro benzene ring substituents is 1. The van der Waals surface area contributed by atoms with Crippen molar-refractivity contribution in [2.24, 2.45) is 4.99 Å². The summed E-state index contributed by atoms with van der Waals surface area (Å²) in [6, 6.07) is 17.6. The van der Waals surface area contributed by atoms with Crippen LogP contribution in [0.25, 0.3) is 0 Å². The fraction of sp³-hybridized carbons (Fsp3) is 0.278. The molecule has 2 heterocycles. The lowest BCUT2D eigenvalue weighted by Crippen LogP contribution is -2.25. The van der Waals surface area contributed by atoms with Crippen LogP contribution < -0.4 is 0 Å². The zero-order valence-electron chi connectivity index (χ0n) is 13.0. The van der Waals surface area contributed by atoms with Crippen molar-refractivity contribution in [2.75, 3.05) is 0 Å². The predicted molar refractivity (Wildman–Crippen MR) is 88.5 cm³/mol. The zero-order valence-corrected chi connectivity index (χ0v) is 13.0. The molecule has 5 nitrogen and oxygen atoms in total. The molecule has 0 N–H and O–H groups in total. The second-order valence-electron chi connectivity index (χ2n) is 6.50. The summed E-state index contributed by atoms with van der Waals surface area (Å²) in [5, 5.41) is 10.8. The Kier molecular flexibility index (Phi) is 2.90. The maximum absolute atomic E-state index is 10.8. The SMILES string of the molecule is CC1(C)N=C(c2ccccc2)[C@@H]2C(c3ccc([N+](=O)[O-])cc3)N21. The summed E-state index contributed by atoms with van der Waals surface area (Å²) in [4.78, 5) is 17.7. The number of rotatable bonds is 3. The van der Waals surface area contributed by atoms with Gasteiger partial charge in [0.05, 0.1) is 22.7 Å². The summed E-state index contributed by atoms with van der Waals surface area (Å²) < 4.78 is 0. The van der Waals surface area contributed by atoms with Crippen LogP contribution in [-0.4, -0.2) is 27.2 Å². The largest absolute Gasteiger partial charge is 0.269 e. The Morgan fingerprint density at radius 2 is 1.70 bits per heavy atom. The topological polar surface area (TPSA) is 58.5 Å². The van der Waals surface area contributed by atoms with E-state index in [1.807, 2.05) is 30.3 Å². The first kappa shape index (κ1) is 14.1. The molecule has 0 aliphatic carbocycles. The van der Waals surface area contributed by atoms with E-state index in [2.05, 4.69) is 30.9 Å². The van der Waals surface area contributed by atoms with E-state index in [1.54, 1.807) is 12.1 Å². The van der Waals surface area contributed by atoms with Crippen LogP contribution in [0.1, 0.15) is 31.0 Å². The minimum absolute atomic E-state index is 0.130. The van der Waals surface area contributed by atoms with Gasteiger partial charge in [0, 0.05) is 12.1 Å². The Labute approximate surface area is 134 Å². The van der Waals surface area contributed by atoms with Gasteiger partial charge >= 0.3 is 0 Å². The van der Waals surface area contributed by atoms with Crippen LogP contribution in [0.3, 0.4) is 0 Å². The minimum atomic E-state index is -0.363. The van der Waals surface area contributed by atoms with Crippen molar-refractivity contribution in [3.63, 3.8) is 0 Å². The number of fused-ring (bicyclic) bond motifs is 1. The molecule has 0 radical (unpaired) electrons. The first-order chi connectivity index (χ1) is 11.0. The highest BCUT2D eigenvalue weighted by Gasteiger charge is 2.62. The lowest BCUT2D eigenvalue weighted by molar-refractivity contribution is -0.384. The average molecular weight is 307 g/mol. The zero-order chi connectivity index (χ0) is 16.2. The molecule has 1 saturated heterocycles. The number of nitrogens with zero attached hydrogens (tertiary/aromatic N) is 3. The fourth-order valence-electron chi connectivity index (χ4n) is 3.59. The molecule has 0 aromatic heterocycles. The molecule has 1 fully saturated rings. The Bertz CT molecular complexity index is 797. The number of aliphatic imine (C=N–C) groups is 1. The van der Waals surface area contributed by atoms with E-state index in [-0.39, 0.29) is 28.4 Å². The Hall–Kier alpha value is -2.53. The molecule has 5 heteroatoms. The van der Waals surface area contributed by atoms with E-state index in [4.69, 9.17) is 4.99 Å². The van der Waals surface area contributed by atoms with E-state index >= 15 is 0 Å². The van der Waals surface area contributed by atoms with Gasteiger partial charge in [0.15, 0.2) is 0 Å². The second kappa shape index (κ2) is 4.73. The summed E-state index contributed by atoms with van der Waals surface area (Å²) in [6.45, 7) is 4.22. The molecule has 2 aromatic rings. The van der Waals surface area contributed by atoms with Crippen LogP contribution in [0.2, 0.25) is 0 Å². The molecule has 2 aliphatic rings. The van der Waals surface area contributed by atoms with Crippen LogP contribution in [0.4, 0.5) is 5.69 Å². The van der Waals surface area contributed by atoms with Gasteiger partial charge in [0.25, 0.3) is 5.69 Å². The van der Waals surface area contributed by atoms with Gasteiger partial charge in [-0.1, -0.05) is 42.5 Å². The van der Waals surface area contributed by atoms with Crippen LogP contribution in [0, 0.1) is 10.1 Å². The van der Waals surface area contributed by atoms with E-state index in [0.717, 1.165) is 16.8 Å². The fourth-order valence-corrected chi connectivity index (χ4v) is 3.59. The van der Waals surface area contributed by atoms with Crippen molar-refractivity contribution in [3.8, 4) is 0 Å². The highest BCUT2D eigenvalue weighted by atomic mass is 16.6. The number of hydrogen-bond acceptors (Lipinski definition) is 4. The summed E-state index contributed by atoms with van der Waals surface area (Å²) in [5.74, 6) is 0. The highest BCUT2D eigenvalue weighted by Crippen LogP contribution is 2.54. The highest BCUT2D eigenvalue weighted by molar-refractivity contribution is 6.08. The molecule has 0 bridgehead atoms. The van der Waals surface area contributed by atoms with Gasteiger partial charge in [-0.25, -0.2) is 0 Å². The third-order valence-corrected chi connectivity index (χ3v) is 4.63. The first-order valence-electron chi connectivity index (χ1n) is 7.67. The molecule has 0 spiro atoms. The molecule has 0 amide bonds. The molecule has 2 unspecified atom stereocenters. The summed E-state index contributed by atoms with van der Waals surface area (Å²) in [5.41, 5.74) is 3.25. The first-order valence-corrected chi connectivity index (χ1v) is 7.67. The van der Waals surface area contributed by atoms with Crippen LogP contribution in [-0.2, 0) is 0 Å². The Morgan fingerprint density at radius 1 is 1.04 bits per heavy atom. The van der Waals surface area contributed by atoms with Crippen LogP contribution in [0.15, 0.2) is 59.6 Å². The summed E-state index contributed by atoms with van der Waals surface area (Å²) in [7, 11) is 0. The number of benzene rings is 2. The minimum Gasteiger partial charge on any atom is -0.266 e. The molecule has 23 heavy (non-hydrogen) atoms. The Balaban J connectivity index is 1.67. The molecule has 0 saturated carbocycles. The number of nitro groups is 1. The van der Waals surface area contributed by atoms with Crippen molar-refractivity contribution >= 4 is 11.4 Å². The third-order valence-electron chi connectivity index (χ3n) is 4.63. The van der Waals surface area contributed by atoms with Crippen LogP contribution in [0.5, 0.6) is 0 Å². The lowest BCUT2D eigenvalue weighted by atomic mass is 10.0. The van der Waals surface area contributed by atoms with Crippen molar-refractivity contribution in [1.29, 1.82) is 0 Å². The molecular weight excluding hydrogens is 290 g/mol. The normalized spacial score (nSPS) is 27.2. The van der Waals surface area contributed by atoms with E-state index in [9.17, 15) is 10.1 Å². The molecule has 3 atom stereocenters. The van der Waals surface area contributed by atoms with Gasteiger partial charge in [-0.3, -0.25) is 20.0 Å². The maximum Gasteiger partial charge on any atom is 0.269 e. The van der Waals surface area contributed by atoms with Gasteiger partial charge in [0.2, 0.25) is 0 Å². The smallest absolute Gasteiger partial charge is 0.266 e. The van der Waals surface area contributed by atoms with Gasteiger partial charge in [-0.15, -0.1) is 0 Å². The van der Waals surface area contributed by atoms with Gasteiger partial charge in [0.1, 0.15) is 5.66 Å². The average Bonchev–Trinajstić information content (AvgIpc) is 3.23. The van der Waals surface area contributed by atoms with Crippen molar-refractivity contribution in [2.45, 2.75) is 31.6 Å². The number of non-ortho nitro benzene ring substituents is 1. The predicted octanol–water partition coefficient (Wildman–Crippen LogP) is 3.56. The van der Waals surface area contributed by atoms with E-state index in [1.165, 1.54) is 0 Å². The maximum atomic E-state index is 10.8. The third kappa shape index (κ3) is 2.16. The van der Waals surface area contributed by atoms with Gasteiger partial charge < -0.3 is 0 Å². The molecule has 4 rings (SSSR count). The Morgan fingerprint density at radius 3 is 2.30 bits per heavy atom. The van der Waals surface area contributed by atoms with E-state index < -0.39 is 0 Å². The standard InChI is InChI=1S/C18H17N3O2/c1-18(2)19-15(12-6-4-3-5-7-12)17-16(20(17)18)13-8-10-14(11-9-13)21(22)23/h3-11,16-17H,1-2H3/t16?,17-,20?/m1/s1. The molecule has 2 aromatic carbocycles. The quantitative estimate of drug-likeness (QED) is 0.495. The van der Waals surface area contributed by atoms with Crippen molar-refractivity contribution in [1.82, 2.24) is 4.90 Å². The van der Waals surface area contributed by atoms with Gasteiger partial charge in [-0.05, 0) is 25.0 Å². The molecular formula is C18H17N3O2. The molecule has 2 aliphatic heterocycles. The summed E-state index contributed by atoms with van der Waals surface area (Å²) >= 11 is 0. The summed E-state index contributed by atoms with van der Waals surface area (Å²) in [6.07, 6.45) is 0. The van der Waals surface area contributed by atoms with E-state index in [0.29, 0.717) is 0 Å². The van der Waals surface area contributed by atoms with Crippen molar-refractivity contribution in [3.05, 3.63) is 75.8 Å². The van der Waals surface area contributed by atoms with Crippen LogP contribution >= 0.6 is 0 Å². The monoisotopic (exact) mass is 307 g/mol. The van der Waals surface area contributed by atoms with Crippen molar-refractivity contribution < 1.29 is 4.92 Å².